The second-order valence-electron chi connectivity index (χ2n) is 6.21. The standard InChI is InChI=1S/C20H16N2O3S/c1-26(24,25)22-15-9-6-14(7-10-15)20(23)19-12-17-16-5-3-2-4-13(16)8-11-18(17)21-19/h2-12,21-22H,1H3. The molecule has 0 radical (unpaired) electrons. The number of fused-ring (bicyclic) bond motifs is 3. The lowest BCUT2D eigenvalue weighted by atomic mass is 10.1. The zero-order valence-electron chi connectivity index (χ0n) is 14.0. The highest BCUT2D eigenvalue weighted by Gasteiger charge is 2.14. The highest BCUT2D eigenvalue weighted by Crippen LogP contribution is 2.27. The van der Waals surface area contributed by atoms with Crippen LogP contribution in [0.2, 0.25) is 0 Å². The maximum Gasteiger partial charge on any atom is 0.229 e. The molecule has 0 aliphatic carbocycles. The predicted octanol–water partition coefficient (Wildman–Crippen LogP) is 3.92. The molecule has 1 heterocycles. The molecule has 6 heteroatoms. The van der Waals surface area contributed by atoms with Gasteiger partial charge in [-0.3, -0.25) is 9.52 Å². The van der Waals surface area contributed by atoms with Crippen LogP contribution in [-0.2, 0) is 10.0 Å². The van der Waals surface area contributed by atoms with Crippen molar-refractivity contribution >= 4 is 43.2 Å². The van der Waals surface area contributed by atoms with Crippen LogP contribution in [0, 0.1) is 0 Å². The highest BCUT2D eigenvalue weighted by atomic mass is 32.2. The molecular formula is C20H16N2O3S. The average Bonchev–Trinajstić information content (AvgIpc) is 3.05. The first-order valence-corrected chi connectivity index (χ1v) is 9.93. The summed E-state index contributed by atoms with van der Waals surface area (Å²) < 4.78 is 24.9. The molecule has 130 valence electrons. The van der Waals surface area contributed by atoms with Gasteiger partial charge in [-0.2, -0.15) is 0 Å². The van der Waals surface area contributed by atoms with E-state index in [9.17, 15) is 13.2 Å². The van der Waals surface area contributed by atoms with E-state index in [0.717, 1.165) is 27.9 Å². The Kier molecular flexibility index (Phi) is 3.77. The molecule has 0 bridgehead atoms. The topological polar surface area (TPSA) is 79.0 Å². The van der Waals surface area contributed by atoms with Crippen molar-refractivity contribution in [3.63, 3.8) is 0 Å². The zero-order valence-corrected chi connectivity index (χ0v) is 14.8. The Morgan fingerprint density at radius 2 is 1.65 bits per heavy atom. The summed E-state index contributed by atoms with van der Waals surface area (Å²) in [6, 6.07) is 20.3. The van der Waals surface area contributed by atoms with Crippen LogP contribution in [0.4, 0.5) is 5.69 Å². The maximum absolute atomic E-state index is 12.8. The van der Waals surface area contributed by atoms with Gasteiger partial charge in [-0.15, -0.1) is 0 Å². The molecule has 4 rings (SSSR count). The maximum atomic E-state index is 12.8. The number of hydrogen-bond acceptors (Lipinski definition) is 3. The summed E-state index contributed by atoms with van der Waals surface area (Å²) in [5, 5.41) is 3.21. The summed E-state index contributed by atoms with van der Waals surface area (Å²) in [7, 11) is -3.34. The third kappa shape index (κ3) is 3.07. The van der Waals surface area contributed by atoms with Crippen molar-refractivity contribution in [3.05, 3.63) is 78.0 Å². The van der Waals surface area contributed by atoms with Crippen LogP contribution in [0.15, 0.2) is 66.7 Å². The third-order valence-corrected chi connectivity index (χ3v) is 4.83. The summed E-state index contributed by atoms with van der Waals surface area (Å²) in [5.41, 5.74) is 2.31. The van der Waals surface area contributed by atoms with Gasteiger partial charge in [0.05, 0.1) is 11.9 Å². The van der Waals surface area contributed by atoms with E-state index in [1.807, 2.05) is 42.5 Å². The minimum Gasteiger partial charge on any atom is -0.352 e. The van der Waals surface area contributed by atoms with Crippen molar-refractivity contribution in [3.8, 4) is 0 Å². The van der Waals surface area contributed by atoms with Gasteiger partial charge in [-0.25, -0.2) is 8.42 Å². The summed E-state index contributed by atoms with van der Waals surface area (Å²) in [5.74, 6) is -0.142. The smallest absolute Gasteiger partial charge is 0.229 e. The van der Waals surface area contributed by atoms with Gasteiger partial charge < -0.3 is 4.98 Å². The normalized spacial score (nSPS) is 11.7. The third-order valence-electron chi connectivity index (χ3n) is 4.22. The molecule has 0 spiro atoms. The SMILES string of the molecule is CS(=O)(=O)Nc1ccc(C(=O)c2cc3c(ccc4ccccc43)[nH]2)cc1. The number of nitrogens with one attached hydrogen (secondary N) is 2. The van der Waals surface area contributed by atoms with Crippen molar-refractivity contribution in [2.45, 2.75) is 0 Å². The predicted molar refractivity (Wildman–Crippen MR) is 104 cm³/mol. The number of carbonyl (C=O) groups is 1. The number of aromatic nitrogens is 1. The molecule has 26 heavy (non-hydrogen) atoms. The van der Waals surface area contributed by atoms with E-state index in [4.69, 9.17) is 0 Å². The summed E-state index contributed by atoms with van der Waals surface area (Å²) in [6.45, 7) is 0. The molecule has 2 N–H and O–H groups in total. The van der Waals surface area contributed by atoms with E-state index in [2.05, 4.69) is 9.71 Å². The molecule has 0 aliphatic rings. The Bertz CT molecular complexity index is 1240. The van der Waals surface area contributed by atoms with E-state index in [1.54, 1.807) is 24.3 Å². The summed E-state index contributed by atoms with van der Waals surface area (Å²) in [4.78, 5) is 16.0. The number of benzene rings is 3. The van der Waals surface area contributed by atoms with E-state index < -0.39 is 10.0 Å². The minimum atomic E-state index is -3.34. The largest absolute Gasteiger partial charge is 0.352 e. The second-order valence-corrected chi connectivity index (χ2v) is 7.96. The molecule has 0 atom stereocenters. The van der Waals surface area contributed by atoms with Gasteiger partial charge in [0.2, 0.25) is 15.8 Å². The molecule has 3 aromatic carbocycles. The van der Waals surface area contributed by atoms with Crippen LogP contribution in [0.25, 0.3) is 21.7 Å². The number of anilines is 1. The second kappa shape index (κ2) is 6.00. The van der Waals surface area contributed by atoms with Gasteiger partial charge in [-0.1, -0.05) is 30.3 Å². The lowest BCUT2D eigenvalue weighted by molar-refractivity contribution is 0.103. The van der Waals surface area contributed by atoms with Crippen LogP contribution in [0.3, 0.4) is 0 Å². The number of carbonyl (C=O) groups excluding carboxylic acids is 1. The molecule has 0 saturated heterocycles. The number of sulfonamides is 1. The number of H-pyrrole nitrogens is 1. The number of rotatable bonds is 4. The van der Waals surface area contributed by atoms with Crippen molar-refractivity contribution in [2.24, 2.45) is 0 Å². The van der Waals surface area contributed by atoms with Gasteiger partial charge in [0.25, 0.3) is 0 Å². The monoisotopic (exact) mass is 364 g/mol. The van der Waals surface area contributed by atoms with Gasteiger partial charge in [0, 0.05) is 22.2 Å². The van der Waals surface area contributed by atoms with Crippen LogP contribution < -0.4 is 4.72 Å². The Hall–Kier alpha value is -3.12. The summed E-state index contributed by atoms with van der Waals surface area (Å²) >= 11 is 0. The lowest BCUT2D eigenvalue weighted by Gasteiger charge is -2.04. The molecule has 0 fully saturated rings. The summed E-state index contributed by atoms with van der Waals surface area (Å²) in [6.07, 6.45) is 1.08. The first kappa shape index (κ1) is 16.4. The molecule has 0 unspecified atom stereocenters. The van der Waals surface area contributed by atoms with Gasteiger partial charge >= 0.3 is 0 Å². The fraction of sp³-hybridized carbons (Fsp3) is 0.0500. The molecule has 5 nitrogen and oxygen atoms in total. The van der Waals surface area contributed by atoms with Gasteiger partial charge in [-0.05, 0) is 47.2 Å². The Morgan fingerprint density at radius 1 is 0.923 bits per heavy atom. The van der Waals surface area contributed by atoms with Crippen molar-refractivity contribution < 1.29 is 13.2 Å². The van der Waals surface area contributed by atoms with Crippen molar-refractivity contribution in [1.82, 2.24) is 4.98 Å². The first-order chi connectivity index (χ1) is 12.4. The van der Waals surface area contributed by atoms with Gasteiger partial charge in [0.15, 0.2) is 0 Å². The lowest BCUT2D eigenvalue weighted by Crippen LogP contribution is -2.09. The molecule has 1 aromatic heterocycles. The zero-order chi connectivity index (χ0) is 18.3. The minimum absolute atomic E-state index is 0.142. The van der Waals surface area contributed by atoms with E-state index in [-0.39, 0.29) is 5.78 Å². The molecule has 0 aliphatic heterocycles. The van der Waals surface area contributed by atoms with Gasteiger partial charge in [0.1, 0.15) is 0 Å². The average molecular weight is 364 g/mol. The van der Waals surface area contributed by atoms with Crippen LogP contribution >= 0.6 is 0 Å². The highest BCUT2D eigenvalue weighted by molar-refractivity contribution is 7.92. The van der Waals surface area contributed by atoms with E-state index in [0.29, 0.717) is 16.9 Å². The van der Waals surface area contributed by atoms with Crippen LogP contribution in [0.1, 0.15) is 16.1 Å². The van der Waals surface area contributed by atoms with Crippen LogP contribution in [-0.4, -0.2) is 25.4 Å². The first-order valence-electron chi connectivity index (χ1n) is 8.04. The van der Waals surface area contributed by atoms with E-state index in [1.165, 1.54) is 0 Å². The number of hydrogen-bond donors (Lipinski definition) is 2. The Balaban J connectivity index is 1.71. The van der Waals surface area contributed by atoms with Crippen molar-refractivity contribution in [1.29, 1.82) is 0 Å². The Morgan fingerprint density at radius 3 is 2.38 bits per heavy atom. The number of ketones is 1. The quantitative estimate of drug-likeness (QED) is 0.539. The number of aromatic amines is 1. The Labute approximate surface area is 150 Å². The van der Waals surface area contributed by atoms with E-state index >= 15 is 0 Å². The van der Waals surface area contributed by atoms with Crippen LogP contribution in [0.5, 0.6) is 0 Å². The molecule has 0 amide bonds. The fourth-order valence-corrected chi connectivity index (χ4v) is 3.63. The molecule has 0 saturated carbocycles. The fourth-order valence-electron chi connectivity index (χ4n) is 3.07. The molecule has 4 aromatic rings. The van der Waals surface area contributed by atoms with Crippen molar-refractivity contribution in [2.75, 3.05) is 11.0 Å². The molecular weight excluding hydrogens is 348 g/mol.